The summed E-state index contributed by atoms with van der Waals surface area (Å²) >= 11 is 0. The fraction of sp³-hybridized carbons (Fsp3) is 0.824. The van der Waals surface area contributed by atoms with Crippen molar-refractivity contribution in [2.45, 2.75) is 81.9 Å². The SMILES string of the molecule is C=C(C)C(=O)OC1(CC2CCC3OC3C2)CCC2OC2C1. The second-order valence-electron chi connectivity index (χ2n) is 7.40. The number of esters is 1. The van der Waals surface area contributed by atoms with Gasteiger partial charge in [-0.25, -0.2) is 4.79 Å². The minimum Gasteiger partial charge on any atom is -0.456 e. The van der Waals surface area contributed by atoms with Crippen molar-refractivity contribution in [3.05, 3.63) is 12.2 Å². The molecule has 116 valence electrons. The Kier molecular flexibility index (Phi) is 3.16. The van der Waals surface area contributed by atoms with E-state index in [9.17, 15) is 4.79 Å². The van der Waals surface area contributed by atoms with Gasteiger partial charge in [0.1, 0.15) is 5.60 Å². The third-order valence-electron chi connectivity index (χ3n) is 5.58. The average molecular weight is 292 g/mol. The first-order valence-electron chi connectivity index (χ1n) is 8.24. The zero-order valence-corrected chi connectivity index (χ0v) is 12.7. The molecule has 2 aliphatic carbocycles. The molecule has 0 aromatic carbocycles. The van der Waals surface area contributed by atoms with Crippen LogP contribution in [0.3, 0.4) is 0 Å². The average Bonchev–Trinajstić information content (AvgIpc) is 3.31. The van der Waals surface area contributed by atoms with Crippen molar-refractivity contribution >= 4 is 5.97 Å². The first kappa shape index (κ1) is 13.8. The van der Waals surface area contributed by atoms with Gasteiger partial charge < -0.3 is 14.2 Å². The molecule has 4 rings (SSSR count). The standard InChI is InChI=1S/C17H24O4/c1-10(2)16(18)21-17(6-5-13-15(9-17)20-13)8-11-3-4-12-14(7-11)19-12/h11-15H,1,3-9H2,2H3. The predicted octanol–water partition coefficient (Wildman–Crippen LogP) is 2.75. The van der Waals surface area contributed by atoms with E-state index in [1.807, 2.05) is 0 Å². The highest BCUT2D eigenvalue weighted by atomic mass is 16.6. The molecule has 6 unspecified atom stereocenters. The third kappa shape index (κ3) is 2.76. The van der Waals surface area contributed by atoms with Crippen LogP contribution in [-0.2, 0) is 19.0 Å². The highest BCUT2D eigenvalue weighted by molar-refractivity contribution is 5.87. The van der Waals surface area contributed by atoms with Crippen molar-refractivity contribution in [1.29, 1.82) is 0 Å². The number of hydrogen-bond donors (Lipinski definition) is 0. The van der Waals surface area contributed by atoms with Crippen LogP contribution >= 0.6 is 0 Å². The summed E-state index contributed by atoms with van der Waals surface area (Å²) < 4.78 is 17.2. The van der Waals surface area contributed by atoms with E-state index in [0.717, 1.165) is 32.1 Å². The van der Waals surface area contributed by atoms with Gasteiger partial charge in [0.25, 0.3) is 0 Å². The maximum atomic E-state index is 12.1. The summed E-state index contributed by atoms with van der Waals surface area (Å²) in [6.07, 6.45) is 9.00. The molecular formula is C17H24O4. The minimum atomic E-state index is -0.333. The Hall–Kier alpha value is -0.870. The van der Waals surface area contributed by atoms with Gasteiger partial charge in [0.2, 0.25) is 0 Å². The van der Waals surface area contributed by atoms with Gasteiger partial charge in [0.05, 0.1) is 24.4 Å². The smallest absolute Gasteiger partial charge is 0.333 e. The molecule has 6 atom stereocenters. The van der Waals surface area contributed by atoms with Crippen LogP contribution in [0.15, 0.2) is 12.2 Å². The van der Waals surface area contributed by atoms with E-state index in [1.54, 1.807) is 6.92 Å². The second kappa shape index (κ2) is 4.82. The number of rotatable bonds is 4. The first-order valence-corrected chi connectivity index (χ1v) is 8.24. The fourth-order valence-electron chi connectivity index (χ4n) is 4.29. The van der Waals surface area contributed by atoms with Crippen LogP contribution in [0.1, 0.15) is 51.9 Å². The molecule has 4 nitrogen and oxygen atoms in total. The zero-order valence-electron chi connectivity index (χ0n) is 12.7. The van der Waals surface area contributed by atoms with Crippen molar-refractivity contribution in [2.75, 3.05) is 0 Å². The second-order valence-corrected chi connectivity index (χ2v) is 7.40. The predicted molar refractivity (Wildman–Crippen MR) is 76.8 cm³/mol. The van der Waals surface area contributed by atoms with E-state index in [1.165, 1.54) is 12.8 Å². The molecule has 0 N–H and O–H groups in total. The summed E-state index contributed by atoms with van der Waals surface area (Å²) in [6, 6.07) is 0. The number of carbonyl (C=O) groups is 1. The molecule has 21 heavy (non-hydrogen) atoms. The topological polar surface area (TPSA) is 51.4 Å². The van der Waals surface area contributed by atoms with Crippen LogP contribution in [0.2, 0.25) is 0 Å². The zero-order chi connectivity index (χ0) is 14.6. The number of carbonyl (C=O) groups excluding carboxylic acids is 1. The molecule has 2 heterocycles. The van der Waals surface area contributed by atoms with Crippen molar-refractivity contribution in [1.82, 2.24) is 0 Å². The lowest BCUT2D eigenvalue weighted by Crippen LogP contribution is -2.42. The monoisotopic (exact) mass is 292 g/mol. The van der Waals surface area contributed by atoms with E-state index in [2.05, 4.69) is 6.58 Å². The first-order chi connectivity index (χ1) is 10.0. The van der Waals surface area contributed by atoms with Crippen LogP contribution in [0.25, 0.3) is 0 Å². The van der Waals surface area contributed by atoms with Crippen molar-refractivity contribution < 1.29 is 19.0 Å². The van der Waals surface area contributed by atoms with Gasteiger partial charge in [0.15, 0.2) is 0 Å². The largest absolute Gasteiger partial charge is 0.456 e. The number of fused-ring (bicyclic) bond motifs is 2. The molecule has 4 aliphatic rings. The number of hydrogen-bond acceptors (Lipinski definition) is 4. The molecule has 0 bridgehead atoms. The van der Waals surface area contributed by atoms with Crippen molar-refractivity contribution in [3.63, 3.8) is 0 Å². The Balaban J connectivity index is 1.45. The summed E-state index contributed by atoms with van der Waals surface area (Å²) in [5.74, 6) is 0.368. The highest BCUT2D eigenvalue weighted by Gasteiger charge is 2.54. The number of ether oxygens (including phenoxy) is 3. The quantitative estimate of drug-likeness (QED) is 0.454. The van der Waals surface area contributed by atoms with Gasteiger partial charge in [0, 0.05) is 12.0 Å². The molecule has 2 aliphatic heterocycles. The molecule has 0 radical (unpaired) electrons. The van der Waals surface area contributed by atoms with Gasteiger partial charge >= 0.3 is 5.97 Å². The Bertz CT molecular complexity index is 473. The summed E-state index contributed by atoms with van der Waals surface area (Å²) in [5.41, 5.74) is 0.155. The molecule has 0 spiro atoms. The normalized spacial score (nSPS) is 47.0. The number of epoxide rings is 2. The Morgan fingerprint density at radius 3 is 2.67 bits per heavy atom. The van der Waals surface area contributed by atoms with Gasteiger partial charge in [-0.1, -0.05) is 6.58 Å². The van der Waals surface area contributed by atoms with Crippen LogP contribution in [0, 0.1) is 5.92 Å². The molecule has 4 fully saturated rings. The summed E-state index contributed by atoms with van der Waals surface area (Å²) in [5, 5.41) is 0. The Morgan fingerprint density at radius 2 is 1.95 bits per heavy atom. The molecule has 0 aromatic heterocycles. The van der Waals surface area contributed by atoms with Gasteiger partial charge in [-0.3, -0.25) is 0 Å². The van der Waals surface area contributed by atoms with E-state index in [-0.39, 0.29) is 11.6 Å². The van der Waals surface area contributed by atoms with Crippen molar-refractivity contribution in [3.8, 4) is 0 Å². The molecular weight excluding hydrogens is 268 g/mol. The lowest BCUT2D eigenvalue weighted by molar-refractivity contribution is -0.160. The van der Waals surface area contributed by atoms with Crippen LogP contribution < -0.4 is 0 Å². The van der Waals surface area contributed by atoms with E-state index in [0.29, 0.717) is 35.9 Å². The maximum absolute atomic E-state index is 12.1. The van der Waals surface area contributed by atoms with E-state index in [4.69, 9.17) is 14.2 Å². The third-order valence-corrected chi connectivity index (χ3v) is 5.58. The molecule has 2 saturated carbocycles. The van der Waals surface area contributed by atoms with Crippen LogP contribution in [0.4, 0.5) is 0 Å². The highest BCUT2D eigenvalue weighted by Crippen LogP contribution is 2.49. The van der Waals surface area contributed by atoms with Gasteiger partial charge in [-0.2, -0.15) is 0 Å². The van der Waals surface area contributed by atoms with Crippen LogP contribution in [-0.4, -0.2) is 36.0 Å². The van der Waals surface area contributed by atoms with Gasteiger partial charge in [-0.05, 0) is 51.4 Å². The summed E-state index contributed by atoms with van der Waals surface area (Å²) in [7, 11) is 0. The molecule has 4 heteroatoms. The molecule has 2 saturated heterocycles. The van der Waals surface area contributed by atoms with Crippen LogP contribution in [0.5, 0.6) is 0 Å². The summed E-state index contributed by atoms with van der Waals surface area (Å²) in [4.78, 5) is 12.1. The van der Waals surface area contributed by atoms with E-state index < -0.39 is 0 Å². The summed E-state index contributed by atoms with van der Waals surface area (Å²) in [6.45, 7) is 5.44. The lowest BCUT2D eigenvalue weighted by atomic mass is 9.74. The van der Waals surface area contributed by atoms with Gasteiger partial charge in [-0.15, -0.1) is 0 Å². The Morgan fingerprint density at radius 1 is 1.19 bits per heavy atom. The lowest BCUT2D eigenvalue weighted by Gasteiger charge is -2.38. The Labute approximate surface area is 125 Å². The van der Waals surface area contributed by atoms with E-state index >= 15 is 0 Å². The molecule has 0 amide bonds. The fourth-order valence-corrected chi connectivity index (χ4v) is 4.29. The maximum Gasteiger partial charge on any atom is 0.333 e. The minimum absolute atomic E-state index is 0.245. The molecule has 0 aromatic rings. The van der Waals surface area contributed by atoms with Crippen molar-refractivity contribution in [2.24, 2.45) is 5.92 Å².